The van der Waals surface area contributed by atoms with Gasteiger partial charge in [0.2, 0.25) is 0 Å². The summed E-state index contributed by atoms with van der Waals surface area (Å²) in [6.45, 7) is 2.36. The lowest BCUT2D eigenvalue weighted by Gasteiger charge is -2.18. The van der Waals surface area contributed by atoms with Crippen LogP contribution in [0.25, 0.3) is 17.4 Å². The smallest absolute Gasteiger partial charge is 0.335 e. The van der Waals surface area contributed by atoms with Crippen LogP contribution in [-0.4, -0.2) is 27.9 Å². The van der Waals surface area contributed by atoms with Crippen molar-refractivity contribution >= 4 is 51.9 Å². The van der Waals surface area contributed by atoms with Gasteiger partial charge in [-0.3, -0.25) is 9.69 Å². The molecule has 1 aromatic heterocycles. The highest BCUT2D eigenvalue weighted by molar-refractivity contribution is 8.27. The van der Waals surface area contributed by atoms with E-state index in [2.05, 4.69) is 0 Å². The predicted molar refractivity (Wildman–Crippen MR) is 124 cm³/mol. The van der Waals surface area contributed by atoms with Crippen molar-refractivity contribution in [3.8, 4) is 17.1 Å². The van der Waals surface area contributed by atoms with Crippen LogP contribution in [0.4, 0.5) is 5.69 Å². The Hall–Kier alpha value is -3.36. The zero-order valence-corrected chi connectivity index (χ0v) is 18.0. The van der Waals surface area contributed by atoms with Crippen LogP contribution in [-0.2, 0) is 4.79 Å². The van der Waals surface area contributed by atoms with Crippen LogP contribution in [0, 0.1) is 0 Å². The molecule has 0 bridgehead atoms. The Balaban J connectivity index is 1.59. The van der Waals surface area contributed by atoms with Gasteiger partial charge in [0.1, 0.15) is 17.3 Å². The minimum Gasteiger partial charge on any atom is -0.492 e. The van der Waals surface area contributed by atoms with Crippen molar-refractivity contribution in [3.05, 3.63) is 76.9 Å². The number of hydrogen-bond donors (Lipinski definition) is 1. The number of aromatic carboxylic acids is 1. The monoisotopic (exact) mass is 451 g/mol. The first-order valence-corrected chi connectivity index (χ1v) is 10.6. The van der Waals surface area contributed by atoms with E-state index in [1.807, 2.05) is 19.1 Å². The van der Waals surface area contributed by atoms with E-state index >= 15 is 0 Å². The number of anilines is 1. The molecule has 4 rings (SSSR count). The fourth-order valence-corrected chi connectivity index (χ4v) is 4.35. The van der Waals surface area contributed by atoms with Crippen molar-refractivity contribution in [3.63, 3.8) is 0 Å². The van der Waals surface area contributed by atoms with Gasteiger partial charge < -0.3 is 14.3 Å². The normalized spacial score (nSPS) is 15.0. The van der Waals surface area contributed by atoms with Crippen molar-refractivity contribution in [1.82, 2.24) is 0 Å². The molecule has 6 nitrogen and oxygen atoms in total. The highest BCUT2D eigenvalue weighted by atomic mass is 32.2. The molecule has 0 aliphatic carbocycles. The topological polar surface area (TPSA) is 80.0 Å². The molecule has 31 heavy (non-hydrogen) atoms. The summed E-state index contributed by atoms with van der Waals surface area (Å²) >= 11 is 6.64. The molecule has 2 aromatic carbocycles. The van der Waals surface area contributed by atoms with Gasteiger partial charge >= 0.3 is 5.97 Å². The summed E-state index contributed by atoms with van der Waals surface area (Å²) in [5.74, 6) is 0.425. The van der Waals surface area contributed by atoms with E-state index in [1.165, 1.54) is 28.8 Å². The molecule has 0 saturated carbocycles. The number of amides is 1. The van der Waals surface area contributed by atoms with Crippen LogP contribution in [0.3, 0.4) is 0 Å². The number of hydrogen-bond acceptors (Lipinski definition) is 6. The summed E-state index contributed by atoms with van der Waals surface area (Å²) < 4.78 is 11.9. The average molecular weight is 452 g/mol. The number of para-hydroxylation sites is 2. The second-order valence-electron chi connectivity index (χ2n) is 6.50. The average Bonchev–Trinajstić information content (AvgIpc) is 3.33. The standard InChI is InChI=1S/C23H17NO5S2/c1-2-28-19-6-4-3-5-17(19)24-21(25)20(31-23(24)30)13-16-11-12-18(29-16)14-7-9-15(10-8-14)22(26)27/h3-13H,2H2,1H3,(H,26,27)/b20-13-. The molecular formula is C23H17NO5S2. The lowest BCUT2D eigenvalue weighted by atomic mass is 10.1. The van der Waals surface area contributed by atoms with Gasteiger partial charge in [0.25, 0.3) is 5.91 Å². The highest BCUT2D eigenvalue weighted by Crippen LogP contribution is 2.40. The molecule has 2 heterocycles. The summed E-state index contributed by atoms with van der Waals surface area (Å²) in [4.78, 5) is 26.0. The van der Waals surface area contributed by atoms with Crippen LogP contribution in [0.15, 0.2) is 70.0 Å². The number of thioether (sulfide) groups is 1. The van der Waals surface area contributed by atoms with E-state index in [9.17, 15) is 9.59 Å². The van der Waals surface area contributed by atoms with Gasteiger partial charge in [-0.15, -0.1) is 0 Å². The van der Waals surface area contributed by atoms with Gasteiger partial charge in [-0.2, -0.15) is 0 Å². The predicted octanol–water partition coefficient (Wildman–Crippen LogP) is 5.45. The fraction of sp³-hybridized carbons (Fsp3) is 0.0870. The van der Waals surface area contributed by atoms with Crippen LogP contribution in [0.5, 0.6) is 5.75 Å². The Morgan fingerprint density at radius 3 is 2.61 bits per heavy atom. The number of benzene rings is 2. The van der Waals surface area contributed by atoms with Crippen LogP contribution in [0.1, 0.15) is 23.0 Å². The first kappa shape index (κ1) is 20.9. The van der Waals surface area contributed by atoms with Gasteiger partial charge in [0.15, 0.2) is 4.32 Å². The number of rotatable bonds is 6. The van der Waals surface area contributed by atoms with Crippen molar-refractivity contribution in [2.45, 2.75) is 6.92 Å². The van der Waals surface area contributed by atoms with Gasteiger partial charge in [0, 0.05) is 11.6 Å². The van der Waals surface area contributed by atoms with E-state index in [1.54, 1.807) is 42.5 Å². The number of nitrogens with zero attached hydrogens (tertiary/aromatic N) is 1. The molecule has 1 aliphatic heterocycles. The number of carbonyl (C=O) groups excluding carboxylic acids is 1. The second kappa shape index (κ2) is 8.79. The third-order valence-electron chi connectivity index (χ3n) is 4.52. The molecule has 8 heteroatoms. The molecule has 1 N–H and O–H groups in total. The molecule has 1 aliphatic rings. The molecule has 1 fully saturated rings. The highest BCUT2D eigenvalue weighted by Gasteiger charge is 2.35. The maximum atomic E-state index is 13.1. The van der Waals surface area contributed by atoms with Gasteiger partial charge in [-0.05, 0) is 43.3 Å². The number of carboxylic acids is 1. The Bertz CT molecular complexity index is 1200. The molecule has 0 unspecified atom stereocenters. The van der Waals surface area contributed by atoms with E-state index in [4.69, 9.17) is 26.5 Å². The molecule has 0 atom stereocenters. The first-order chi connectivity index (χ1) is 15.0. The Morgan fingerprint density at radius 2 is 1.90 bits per heavy atom. The maximum Gasteiger partial charge on any atom is 0.335 e. The Kier molecular flexibility index (Phi) is 5.92. The molecule has 1 amide bonds. The van der Waals surface area contributed by atoms with Gasteiger partial charge in [-0.25, -0.2) is 4.79 Å². The van der Waals surface area contributed by atoms with Crippen molar-refractivity contribution in [2.24, 2.45) is 0 Å². The molecule has 1 saturated heterocycles. The summed E-state index contributed by atoms with van der Waals surface area (Å²) in [6.07, 6.45) is 1.65. The molecule has 156 valence electrons. The summed E-state index contributed by atoms with van der Waals surface area (Å²) in [7, 11) is 0. The van der Waals surface area contributed by atoms with Crippen LogP contribution in [0.2, 0.25) is 0 Å². The summed E-state index contributed by atoms with van der Waals surface area (Å²) in [6, 6.07) is 17.2. The van der Waals surface area contributed by atoms with E-state index in [0.29, 0.717) is 38.8 Å². The SMILES string of the molecule is CCOc1ccccc1N1C(=O)/C(=C/c2ccc(-c3ccc(C(=O)O)cc3)o2)SC1=S. The van der Waals surface area contributed by atoms with Crippen molar-refractivity contribution in [2.75, 3.05) is 11.5 Å². The zero-order valence-electron chi connectivity index (χ0n) is 16.4. The Labute approximate surface area is 188 Å². The van der Waals surface area contributed by atoms with Crippen molar-refractivity contribution < 1.29 is 23.8 Å². The Morgan fingerprint density at radius 1 is 1.16 bits per heavy atom. The minimum atomic E-state index is -0.986. The zero-order chi connectivity index (χ0) is 22.0. The van der Waals surface area contributed by atoms with Crippen molar-refractivity contribution in [1.29, 1.82) is 0 Å². The van der Waals surface area contributed by atoms with Crippen LogP contribution >= 0.6 is 24.0 Å². The van der Waals surface area contributed by atoms with E-state index in [-0.39, 0.29) is 11.5 Å². The lowest BCUT2D eigenvalue weighted by molar-refractivity contribution is -0.113. The number of carbonyl (C=O) groups is 2. The first-order valence-electron chi connectivity index (χ1n) is 9.41. The third kappa shape index (κ3) is 4.26. The number of thiocarbonyl (C=S) groups is 1. The summed E-state index contributed by atoms with van der Waals surface area (Å²) in [5.41, 5.74) is 1.54. The van der Waals surface area contributed by atoms with E-state index < -0.39 is 5.97 Å². The van der Waals surface area contributed by atoms with E-state index in [0.717, 1.165) is 5.56 Å². The van der Waals surface area contributed by atoms with Gasteiger partial charge in [0.05, 0.1) is 22.8 Å². The number of furan rings is 1. The number of ether oxygens (including phenoxy) is 1. The molecular weight excluding hydrogens is 434 g/mol. The molecule has 0 spiro atoms. The lowest BCUT2D eigenvalue weighted by Crippen LogP contribution is -2.28. The van der Waals surface area contributed by atoms with Gasteiger partial charge in [-0.1, -0.05) is 48.2 Å². The van der Waals surface area contributed by atoms with Crippen LogP contribution < -0.4 is 9.64 Å². The molecule has 3 aromatic rings. The third-order valence-corrected chi connectivity index (χ3v) is 5.82. The second-order valence-corrected chi connectivity index (χ2v) is 8.18. The summed E-state index contributed by atoms with van der Waals surface area (Å²) in [5, 5.41) is 9.02. The quantitative estimate of drug-likeness (QED) is 0.394. The number of carboxylic acid groups (broad SMARTS) is 1. The fourth-order valence-electron chi connectivity index (χ4n) is 3.09. The maximum absolute atomic E-state index is 13.1. The largest absolute Gasteiger partial charge is 0.492 e. The molecule has 0 radical (unpaired) electrons. The minimum absolute atomic E-state index is 0.200.